The minimum atomic E-state index is 0.478. The number of likely N-dealkylation sites (tertiary alicyclic amines) is 1. The summed E-state index contributed by atoms with van der Waals surface area (Å²) in [5.74, 6) is 0. The van der Waals surface area contributed by atoms with Crippen LogP contribution in [0.3, 0.4) is 0 Å². The summed E-state index contributed by atoms with van der Waals surface area (Å²) in [6.45, 7) is 7.53. The molecule has 2 rings (SSSR count). The molecule has 1 aliphatic rings. The lowest BCUT2D eigenvalue weighted by atomic mass is 10.1. The summed E-state index contributed by atoms with van der Waals surface area (Å²) >= 11 is 0. The van der Waals surface area contributed by atoms with Crippen LogP contribution < -0.4 is 0 Å². The van der Waals surface area contributed by atoms with Gasteiger partial charge in [0.1, 0.15) is 0 Å². The summed E-state index contributed by atoms with van der Waals surface area (Å²) < 4.78 is 0. The molecular weight excluding hydrogens is 170 g/mol. The minimum Gasteiger partial charge on any atom is -0.369 e. The summed E-state index contributed by atoms with van der Waals surface area (Å²) in [7, 11) is 0. The summed E-state index contributed by atoms with van der Waals surface area (Å²) in [6.07, 6.45) is 2.42. The molecule has 0 radical (unpaired) electrons. The van der Waals surface area contributed by atoms with Crippen molar-refractivity contribution in [2.45, 2.75) is 25.8 Å². The Morgan fingerprint density at radius 1 is 1.29 bits per heavy atom. The van der Waals surface area contributed by atoms with Crippen molar-refractivity contribution >= 4 is 0 Å². The molecule has 0 N–H and O–H groups in total. The van der Waals surface area contributed by atoms with Gasteiger partial charge in [-0.2, -0.15) is 0 Å². The normalized spacial score (nSPS) is 18.6. The topological polar surface area (TPSA) is 3.24 Å². The highest BCUT2D eigenvalue weighted by Gasteiger charge is 2.21. The molecule has 1 aliphatic heterocycles. The first kappa shape index (κ1) is 9.32. The van der Waals surface area contributed by atoms with Gasteiger partial charge in [-0.05, 0) is 25.3 Å². The lowest BCUT2D eigenvalue weighted by molar-refractivity contribution is 0.311. The third-order valence-electron chi connectivity index (χ3n) is 3.02. The molecule has 1 nitrogen and oxygen atoms in total. The highest BCUT2D eigenvalue weighted by atomic mass is 15.2. The molecule has 1 saturated heterocycles. The quantitative estimate of drug-likeness (QED) is 0.686. The highest BCUT2D eigenvalue weighted by Crippen LogP contribution is 2.30. The maximum absolute atomic E-state index is 4.11. The second-order valence-corrected chi connectivity index (χ2v) is 3.95. The molecule has 0 saturated carbocycles. The van der Waals surface area contributed by atoms with E-state index in [0.29, 0.717) is 6.04 Å². The van der Waals surface area contributed by atoms with E-state index in [-0.39, 0.29) is 0 Å². The van der Waals surface area contributed by atoms with Crippen LogP contribution >= 0.6 is 0 Å². The largest absolute Gasteiger partial charge is 0.369 e. The fourth-order valence-electron chi connectivity index (χ4n) is 2.13. The minimum absolute atomic E-state index is 0.478. The standard InChI is InChI=1S/C13H17N/c1-11-7-6-10-14(11)12(2)13-8-4-3-5-9-13/h3-5,8-9,12H,1,6-7,10H2,2H3/t12-/m1/s1. The third-order valence-corrected chi connectivity index (χ3v) is 3.02. The molecule has 74 valence electrons. The predicted molar refractivity (Wildman–Crippen MR) is 59.9 cm³/mol. The number of rotatable bonds is 2. The van der Waals surface area contributed by atoms with E-state index in [1.165, 1.54) is 17.7 Å². The Labute approximate surface area is 86.1 Å². The van der Waals surface area contributed by atoms with Crippen molar-refractivity contribution in [1.82, 2.24) is 4.90 Å². The average Bonchev–Trinajstić information content (AvgIpc) is 2.65. The van der Waals surface area contributed by atoms with Crippen LogP contribution in [0.1, 0.15) is 31.4 Å². The second-order valence-electron chi connectivity index (χ2n) is 3.95. The van der Waals surface area contributed by atoms with Gasteiger partial charge in [0.25, 0.3) is 0 Å². The van der Waals surface area contributed by atoms with Gasteiger partial charge in [0.05, 0.1) is 6.04 Å². The fourth-order valence-corrected chi connectivity index (χ4v) is 2.13. The number of benzene rings is 1. The van der Waals surface area contributed by atoms with Gasteiger partial charge in [0, 0.05) is 12.2 Å². The SMILES string of the molecule is C=C1CCCN1[C@H](C)c1ccccc1. The molecule has 1 aromatic rings. The lowest BCUT2D eigenvalue weighted by Crippen LogP contribution is -2.21. The number of allylic oxidation sites excluding steroid dienone is 1. The maximum atomic E-state index is 4.11. The van der Waals surface area contributed by atoms with Gasteiger partial charge in [0.15, 0.2) is 0 Å². The van der Waals surface area contributed by atoms with Gasteiger partial charge >= 0.3 is 0 Å². The van der Waals surface area contributed by atoms with Crippen molar-refractivity contribution in [3.8, 4) is 0 Å². The lowest BCUT2D eigenvalue weighted by Gasteiger charge is -2.27. The van der Waals surface area contributed by atoms with Crippen LogP contribution in [0, 0.1) is 0 Å². The molecule has 14 heavy (non-hydrogen) atoms. The Hall–Kier alpha value is -1.24. The second kappa shape index (κ2) is 3.87. The molecule has 0 unspecified atom stereocenters. The average molecular weight is 187 g/mol. The smallest absolute Gasteiger partial charge is 0.0511 e. The first-order chi connectivity index (χ1) is 6.79. The fraction of sp³-hybridized carbons (Fsp3) is 0.385. The number of nitrogens with zero attached hydrogens (tertiary/aromatic N) is 1. The van der Waals surface area contributed by atoms with Crippen molar-refractivity contribution in [2.24, 2.45) is 0 Å². The Bertz CT molecular complexity index is 315. The van der Waals surface area contributed by atoms with Crippen molar-refractivity contribution in [3.05, 3.63) is 48.2 Å². The van der Waals surface area contributed by atoms with Gasteiger partial charge in [-0.1, -0.05) is 36.9 Å². The molecule has 0 amide bonds. The van der Waals surface area contributed by atoms with Crippen LogP contribution in [0.4, 0.5) is 0 Å². The number of hydrogen-bond donors (Lipinski definition) is 0. The zero-order valence-electron chi connectivity index (χ0n) is 8.74. The van der Waals surface area contributed by atoms with E-state index in [2.05, 4.69) is 48.7 Å². The van der Waals surface area contributed by atoms with Crippen LogP contribution in [-0.4, -0.2) is 11.4 Å². The monoisotopic (exact) mass is 187 g/mol. The zero-order chi connectivity index (χ0) is 9.97. The van der Waals surface area contributed by atoms with Crippen LogP contribution in [-0.2, 0) is 0 Å². The van der Waals surface area contributed by atoms with Gasteiger partial charge < -0.3 is 4.90 Å². The van der Waals surface area contributed by atoms with E-state index >= 15 is 0 Å². The van der Waals surface area contributed by atoms with Crippen LogP contribution in [0.2, 0.25) is 0 Å². The summed E-state index contributed by atoms with van der Waals surface area (Å²) in [5.41, 5.74) is 2.68. The van der Waals surface area contributed by atoms with Crippen molar-refractivity contribution < 1.29 is 0 Å². The van der Waals surface area contributed by atoms with Crippen molar-refractivity contribution in [3.63, 3.8) is 0 Å². The summed E-state index contributed by atoms with van der Waals surface area (Å²) in [6, 6.07) is 11.1. The van der Waals surface area contributed by atoms with Gasteiger partial charge in [-0.3, -0.25) is 0 Å². The van der Waals surface area contributed by atoms with Gasteiger partial charge in [-0.15, -0.1) is 0 Å². The van der Waals surface area contributed by atoms with E-state index in [1.54, 1.807) is 0 Å². The Morgan fingerprint density at radius 3 is 2.57 bits per heavy atom. The molecule has 0 spiro atoms. The Kier molecular flexibility index (Phi) is 2.58. The molecule has 0 aliphatic carbocycles. The van der Waals surface area contributed by atoms with E-state index in [0.717, 1.165) is 13.0 Å². The highest BCUT2D eigenvalue weighted by molar-refractivity contribution is 5.20. The molecule has 1 heterocycles. The van der Waals surface area contributed by atoms with E-state index in [1.807, 2.05) is 0 Å². The molecule has 0 bridgehead atoms. The van der Waals surface area contributed by atoms with Crippen LogP contribution in [0.25, 0.3) is 0 Å². The van der Waals surface area contributed by atoms with Gasteiger partial charge in [0.2, 0.25) is 0 Å². The Balaban J connectivity index is 2.16. The van der Waals surface area contributed by atoms with E-state index < -0.39 is 0 Å². The van der Waals surface area contributed by atoms with Crippen LogP contribution in [0.5, 0.6) is 0 Å². The van der Waals surface area contributed by atoms with E-state index in [9.17, 15) is 0 Å². The molecule has 0 aromatic heterocycles. The molecule has 1 aromatic carbocycles. The molecule has 1 fully saturated rings. The Morgan fingerprint density at radius 2 is 2.00 bits per heavy atom. The van der Waals surface area contributed by atoms with E-state index in [4.69, 9.17) is 0 Å². The van der Waals surface area contributed by atoms with Crippen molar-refractivity contribution in [2.75, 3.05) is 6.54 Å². The number of hydrogen-bond acceptors (Lipinski definition) is 1. The predicted octanol–water partition coefficient (Wildman–Crippen LogP) is 3.36. The first-order valence-electron chi connectivity index (χ1n) is 5.28. The van der Waals surface area contributed by atoms with Gasteiger partial charge in [-0.25, -0.2) is 0 Å². The summed E-state index contributed by atoms with van der Waals surface area (Å²) in [4.78, 5) is 2.41. The van der Waals surface area contributed by atoms with Crippen molar-refractivity contribution in [1.29, 1.82) is 0 Å². The molecule has 1 heteroatoms. The van der Waals surface area contributed by atoms with Crippen LogP contribution in [0.15, 0.2) is 42.6 Å². The zero-order valence-corrected chi connectivity index (χ0v) is 8.74. The first-order valence-corrected chi connectivity index (χ1v) is 5.28. The molecule has 1 atom stereocenters. The maximum Gasteiger partial charge on any atom is 0.0511 e. The third kappa shape index (κ3) is 1.67. The summed E-state index contributed by atoms with van der Waals surface area (Å²) in [5, 5.41) is 0. The molecular formula is C13H17N.